The van der Waals surface area contributed by atoms with Crippen LogP contribution in [0.5, 0.6) is 0 Å². The fraction of sp³-hybridized carbons (Fsp3) is 0.462. The molecule has 2 heterocycles. The van der Waals surface area contributed by atoms with Crippen LogP contribution >= 0.6 is 0 Å². The SMILES string of the molecule is CC1(NCn2nnc3ccccc3c2=O)CCNC1. The molecule has 1 saturated heterocycles. The second kappa shape index (κ2) is 4.71. The molecule has 1 aliphatic heterocycles. The van der Waals surface area contributed by atoms with Crippen LogP contribution in [0, 0.1) is 0 Å². The highest BCUT2D eigenvalue weighted by Crippen LogP contribution is 2.12. The van der Waals surface area contributed by atoms with Gasteiger partial charge in [-0.25, -0.2) is 0 Å². The highest BCUT2D eigenvalue weighted by molar-refractivity contribution is 5.76. The summed E-state index contributed by atoms with van der Waals surface area (Å²) in [5.41, 5.74) is 0.553. The van der Waals surface area contributed by atoms with Gasteiger partial charge in [0, 0.05) is 12.1 Å². The van der Waals surface area contributed by atoms with Gasteiger partial charge in [0.2, 0.25) is 0 Å². The maximum Gasteiger partial charge on any atom is 0.278 e. The Morgan fingerprint density at radius 3 is 3.11 bits per heavy atom. The molecule has 2 N–H and O–H groups in total. The van der Waals surface area contributed by atoms with Crippen molar-refractivity contribution < 1.29 is 0 Å². The first kappa shape index (κ1) is 12.3. The highest BCUT2D eigenvalue weighted by Gasteiger charge is 2.27. The molecule has 100 valence electrons. The topological polar surface area (TPSA) is 71.8 Å². The summed E-state index contributed by atoms with van der Waals surface area (Å²) in [5, 5.41) is 15.3. The predicted octanol–water partition coefficient (Wildman–Crippen LogP) is 0.0906. The van der Waals surface area contributed by atoms with E-state index >= 15 is 0 Å². The molecule has 3 rings (SSSR count). The second-order valence-corrected chi connectivity index (χ2v) is 5.23. The van der Waals surface area contributed by atoms with Crippen LogP contribution in [0.15, 0.2) is 29.1 Å². The molecular weight excluding hydrogens is 242 g/mol. The minimum absolute atomic E-state index is 0.0206. The molecule has 0 bridgehead atoms. The molecule has 19 heavy (non-hydrogen) atoms. The minimum atomic E-state index is -0.104. The normalized spacial score (nSPS) is 23.0. The molecule has 6 heteroatoms. The predicted molar refractivity (Wildman–Crippen MR) is 72.8 cm³/mol. The zero-order valence-electron chi connectivity index (χ0n) is 10.9. The van der Waals surface area contributed by atoms with Crippen LogP contribution in [0.25, 0.3) is 10.9 Å². The standard InChI is InChI=1S/C13H17N5O/c1-13(6-7-14-8-13)15-9-18-12(19)10-4-2-3-5-11(10)16-17-18/h2-5,14-15H,6-9H2,1H3. The van der Waals surface area contributed by atoms with E-state index in [1.165, 1.54) is 4.68 Å². The lowest BCUT2D eigenvalue weighted by Crippen LogP contribution is -2.46. The fourth-order valence-corrected chi connectivity index (χ4v) is 2.36. The van der Waals surface area contributed by atoms with E-state index < -0.39 is 0 Å². The van der Waals surface area contributed by atoms with Crippen LogP contribution in [0.4, 0.5) is 0 Å². The monoisotopic (exact) mass is 259 g/mol. The number of aromatic nitrogens is 3. The number of hydrogen-bond acceptors (Lipinski definition) is 5. The van der Waals surface area contributed by atoms with Gasteiger partial charge >= 0.3 is 0 Å². The molecule has 1 aliphatic rings. The van der Waals surface area contributed by atoms with E-state index in [9.17, 15) is 4.79 Å². The van der Waals surface area contributed by atoms with Crippen molar-refractivity contribution in [2.24, 2.45) is 0 Å². The lowest BCUT2D eigenvalue weighted by Gasteiger charge is -2.24. The van der Waals surface area contributed by atoms with Crippen molar-refractivity contribution >= 4 is 10.9 Å². The average molecular weight is 259 g/mol. The van der Waals surface area contributed by atoms with Crippen LogP contribution in [0.2, 0.25) is 0 Å². The number of nitrogens with zero attached hydrogens (tertiary/aromatic N) is 3. The summed E-state index contributed by atoms with van der Waals surface area (Å²) in [7, 11) is 0. The molecule has 1 aromatic heterocycles. The molecule has 0 radical (unpaired) electrons. The Balaban J connectivity index is 1.85. The largest absolute Gasteiger partial charge is 0.315 e. The Kier molecular flexibility index (Phi) is 3.04. The van der Waals surface area contributed by atoms with E-state index in [1.807, 2.05) is 12.1 Å². The van der Waals surface area contributed by atoms with Gasteiger partial charge in [0.25, 0.3) is 5.56 Å². The van der Waals surface area contributed by atoms with Crippen LogP contribution in [0.1, 0.15) is 13.3 Å². The van der Waals surface area contributed by atoms with Crippen LogP contribution < -0.4 is 16.2 Å². The first-order valence-corrected chi connectivity index (χ1v) is 6.46. The Bertz CT molecular complexity index is 645. The second-order valence-electron chi connectivity index (χ2n) is 5.23. The van der Waals surface area contributed by atoms with E-state index in [-0.39, 0.29) is 11.1 Å². The van der Waals surface area contributed by atoms with Crippen molar-refractivity contribution in [2.45, 2.75) is 25.6 Å². The summed E-state index contributed by atoms with van der Waals surface area (Å²) < 4.78 is 1.38. The van der Waals surface area contributed by atoms with Gasteiger partial charge < -0.3 is 5.32 Å². The Hall–Kier alpha value is -1.79. The Morgan fingerprint density at radius 2 is 2.32 bits per heavy atom. The molecule has 0 aliphatic carbocycles. The Labute approximate surface area is 110 Å². The van der Waals surface area contributed by atoms with Gasteiger partial charge in [-0.2, -0.15) is 4.68 Å². The highest BCUT2D eigenvalue weighted by atomic mass is 16.1. The van der Waals surface area contributed by atoms with Crippen LogP contribution in [-0.4, -0.2) is 33.6 Å². The van der Waals surface area contributed by atoms with Crippen LogP contribution in [-0.2, 0) is 6.67 Å². The summed E-state index contributed by atoms with van der Waals surface area (Å²) in [6, 6.07) is 7.26. The molecule has 0 spiro atoms. The molecular formula is C13H17N5O. The van der Waals surface area contributed by atoms with Crippen molar-refractivity contribution in [1.82, 2.24) is 25.6 Å². The number of benzene rings is 1. The fourth-order valence-electron chi connectivity index (χ4n) is 2.36. The first-order valence-electron chi connectivity index (χ1n) is 6.46. The number of hydrogen-bond donors (Lipinski definition) is 2. The summed E-state index contributed by atoms with van der Waals surface area (Å²) in [4.78, 5) is 12.2. The third-order valence-electron chi connectivity index (χ3n) is 3.65. The summed E-state index contributed by atoms with van der Waals surface area (Å²) in [6.45, 7) is 4.44. The maximum atomic E-state index is 12.2. The minimum Gasteiger partial charge on any atom is -0.315 e. The summed E-state index contributed by atoms with van der Waals surface area (Å²) in [5.74, 6) is 0. The zero-order chi connectivity index (χ0) is 13.3. The molecule has 1 aromatic carbocycles. The number of fused-ring (bicyclic) bond motifs is 1. The van der Waals surface area contributed by atoms with E-state index in [4.69, 9.17) is 0 Å². The van der Waals surface area contributed by atoms with E-state index in [2.05, 4.69) is 27.9 Å². The van der Waals surface area contributed by atoms with Crippen molar-refractivity contribution in [3.63, 3.8) is 0 Å². The molecule has 1 atom stereocenters. The molecule has 2 aromatic rings. The third-order valence-corrected chi connectivity index (χ3v) is 3.65. The number of rotatable bonds is 3. The van der Waals surface area contributed by atoms with Gasteiger partial charge in [-0.1, -0.05) is 17.3 Å². The number of nitrogens with one attached hydrogen (secondary N) is 2. The van der Waals surface area contributed by atoms with Crippen molar-refractivity contribution in [3.05, 3.63) is 34.6 Å². The molecule has 6 nitrogen and oxygen atoms in total. The lowest BCUT2D eigenvalue weighted by atomic mass is 10.0. The molecule has 0 saturated carbocycles. The van der Waals surface area contributed by atoms with Gasteiger partial charge in [-0.05, 0) is 32.0 Å². The smallest absolute Gasteiger partial charge is 0.278 e. The van der Waals surface area contributed by atoms with Crippen molar-refractivity contribution in [2.75, 3.05) is 13.1 Å². The zero-order valence-corrected chi connectivity index (χ0v) is 10.9. The van der Waals surface area contributed by atoms with Crippen LogP contribution in [0.3, 0.4) is 0 Å². The van der Waals surface area contributed by atoms with Gasteiger partial charge in [0.1, 0.15) is 5.52 Å². The summed E-state index contributed by atoms with van der Waals surface area (Å²) >= 11 is 0. The molecule has 1 fully saturated rings. The van der Waals surface area contributed by atoms with Crippen molar-refractivity contribution in [1.29, 1.82) is 0 Å². The third kappa shape index (κ3) is 2.36. The van der Waals surface area contributed by atoms with Gasteiger partial charge in [-0.15, -0.1) is 5.10 Å². The van der Waals surface area contributed by atoms with E-state index in [0.29, 0.717) is 17.6 Å². The first-order chi connectivity index (χ1) is 9.18. The van der Waals surface area contributed by atoms with Crippen molar-refractivity contribution in [3.8, 4) is 0 Å². The quantitative estimate of drug-likeness (QED) is 0.817. The Morgan fingerprint density at radius 1 is 1.47 bits per heavy atom. The van der Waals surface area contributed by atoms with Gasteiger partial charge in [-0.3, -0.25) is 10.1 Å². The van der Waals surface area contributed by atoms with E-state index in [1.54, 1.807) is 12.1 Å². The van der Waals surface area contributed by atoms with E-state index in [0.717, 1.165) is 19.5 Å². The lowest BCUT2D eigenvalue weighted by molar-refractivity contribution is 0.327. The molecule has 0 amide bonds. The molecule has 1 unspecified atom stereocenters. The van der Waals surface area contributed by atoms with Gasteiger partial charge in [0.15, 0.2) is 0 Å². The van der Waals surface area contributed by atoms with Gasteiger partial charge in [0.05, 0.1) is 12.1 Å². The average Bonchev–Trinajstić information content (AvgIpc) is 2.86. The maximum absolute atomic E-state index is 12.2. The summed E-state index contributed by atoms with van der Waals surface area (Å²) in [6.07, 6.45) is 1.04.